The SMILES string of the molecule is CCNC(Cc1ccccc1F)C1(OC)CCOCC1. The average molecular weight is 281 g/mol. The summed E-state index contributed by atoms with van der Waals surface area (Å²) in [6, 6.07) is 7.06. The predicted octanol–water partition coefficient (Wildman–Crippen LogP) is 2.54. The molecule has 0 aromatic heterocycles. The Morgan fingerprint density at radius 2 is 2.05 bits per heavy atom. The third-order valence-electron chi connectivity index (χ3n) is 4.21. The zero-order chi connectivity index (χ0) is 14.4. The van der Waals surface area contributed by atoms with Gasteiger partial charge >= 0.3 is 0 Å². The first kappa shape index (κ1) is 15.4. The number of nitrogens with one attached hydrogen (secondary N) is 1. The van der Waals surface area contributed by atoms with Crippen LogP contribution in [0.3, 0.4) is 0 Å². The number of halogens is 1. The minimum atomic E-state index is -0.267. The first-order valence-electron chi connectivity index (χ1n) is 7.31. The van der Waals surface area contributed by atoms with Crippen LogP contribution in [0.5, 0.6) is 0 Å². The molecule has 2 rings (SSSR count). The highest BCUT2D eigenvalue weighted by Gasteiger charge is 2.40. The van der Waals surface area contributed by atoms with Crippen molar-refractivity contribution in [3.05, 3.63) is 35.6 Å². The number of benzene rings is 1. The molecule has 1 heterocycles. The van der Waals surface area contributed by atoms with Crippen LogP contribution in [0, 0.1) is 5.82 Å². The number of hydrogen-bond donors (Lipinski definition) is 1. The lowest BCUT2D eigenvalue weighted by molar-refractivity contribution is -0.110. The monoisotopic (exact) mass is 281 g/mol. The molecule has 0 bridgehead atoms. The summed E-state index contributed by atoms with van der Waals surface area (Å²) >= 11 is 0. The molecule has 1 saturated heterocycles. The Morgan fingerprint density at radius 1 is 1.35 bits per heavy atom. The fourth-order valence-electron chi connectivity index (χ4n) is 2.99. The van der Waals surface area contributed by atoms with Gasteiger partial charge in [-0.2, -0.15) is 0 Å². The van der Waals surface area contributed by atoms with Crippen LogP contribution in [0.15, 0.2) is 24.3 Å². The van der Waals surface area contributed by atoms with Gasteiger partial charge in [0.05, 0.1) is 5.60 Å². The van der Waals surface area contributed by atoms with E-state index in [2.05, 4.69) is 12.2 Å². The molecule has 1 aliphatic rings. The summed E-state index contributed by atoms with van der Waals surface area (Å²) < 4.78 is 25.2. The minimum Gasteiger partial charge on any atom is -0.381 e. The van der Waals surface area contributed by atoms with E-state index in [0.29, 0.717) is 19.6 Å². The number of methoxy groups -OCH3 is 1. The summed E-state index contributed by atoms with van der Waals surface area (Å²) in [6.45, 7) is 4.31. The molecule has 1 aliphatic heterocycles. The lowest BCUT2D eigenvalue weighted by Crippen LogP contribution is -2.56. The van der Waals surface area contributed by atoms with Gasteiger partial charge in [-0.3, -0.25) is 0 Å². The quantitative estimate of drug-likeness (QED) is 0.869. The molecule has 1 aromatic carbocycles. The van der Waals surface area contributed by atoms with Gasteiger partial charge in [0, 0.05) is 39.2 Å². The fourth-order valence-corrected chi connectivity index (χ4v) is 2.99. The maximum absolute atomic E-state index is 13.9. The molecule has 0 saturated carbocycles. The lowest BCUT2D eigenvalue weighted by atomic mass is 9.82. The van der Waals surface area contributed by atoms with Crippen molar-refractivity contribution in [2.24, 2.45) is 0 Å². The van der Waals surface area contributed by atoms with Crippen molar-refractivity contribution in [3.8, 4) is 0 Å². The summed E-state index contributed by atoms with van der Waals surface area (Å²) in [4.78, 5) is 0. The molecule has 112 valence electrons. The number of ether oxygens (including phenoxy) is 2. The molecule has 20 heavy (non-hydrogen) atoms. The van der Waals surface area contributed by atoms with Gasteiger partial charge in [0.25, 0.3) is 0 Å². The second-order valence-electron chi connectivity index (χ2n) is 5.29. The van der Waals surface area contributed by atoms with Crippen LogP contribution in [0.25, 0.3) is 0 Å². The maximum Gasteiger partial charge on any atom is 0.126 e. The van der Waals surface area contributed by atoms with E-state index < -0.39 is 0 Å². The normalized spacial score (nSPS) is 19.8. The van der Waals surface area contributed by atoms with E-state index >= 15 is 0 Å². The first-order valence-corrected chi connectivity index (χ1v) is 7.31. The Morgan fingerprint density at radius 3 is 2.65 bits per heavy atom. The molecule has 1 aromatic rings. The number of likely N-dealkylation sites (N-methyl/N-ethyl adjacent to an activating group) is 1. The van der Waals surface area contributed by atoms with Gasteiger partial charge in [-0.25, -0.2) is 4.39 Å². The van der Waals surface area contributed by atoms with E-state index in [4.69, 9.17) is 9.47 Å². The third kappa shape index (κ3) is 3.37. The van der Waals surface area contributed by atoms with E-state index in [9.17, 15) is 4.39 Å². The van der Waals surface area contributed by atoms with E-state index in [-0.39, 0.29) is 17.5 Å². The highest BCUT2D eigenvalue weighted by molar-refractivity contribution is 5.19. The predicted molar refractivity (Wildman–Crippen MR) is 77.4 cm³/mol. The second-order valence-corrected chi connectivity index (χ2v) is 5.29. The highest BCUT2D eigenvalue weighted by Crippen LogP contribution is 2.30. The van der Waals surface area contributed by atoms with Crippen molar-refractivity contribution >= 4 is 0 Å². The Bertz CT molecular complexity index is 419. The first-order chi connectivity index (χ1) is 9.72. The zero-order valence-electron chi connectivity index (χ0n) is 12.3. The summed E-state index contributed by atoms with van der Waals surface area (Å²) in [5.74, 6) is -0.145. The van der Waals surface area contributed by atoms with E-state index in [1.54, 1.807) is 13.2 Å². The van der Waals surface area contributed by atoms with Gasteiger partial charge in [0.2, 0.25) is 0 Å². The molecule has 0 radical (unpaired) electrons. The van der Waals surface area contributed by atoms with Crippen LogP contribution >= 0.6 is 0 Å². The fraction of sp³-hybridized carbons (Fsp3) is 0.625. The molecule has 3 nitrogen and oxygen atoms in total. The topological polar surface area (TPSA) is 30.5 Å². The molecule has 1 unspecified atom stereocenters. The number of hydrogen-bond acceptors (Lipinski definition) is 3. The minimum absolute atomic E-state index is 0.0956. The third-order valence-corrected chi connectivity index (χ3v) is 4.21. The van der Waals surface area contributed by atoms with E-state index in [1.165, 1.54) is 6.07 Å². The van der Waals surface area contributed by atoms with Gasteiger partial charge in [-0.05, 0) is 24.6 Å². The summed E-state index contributed by atoms with van der Waals surface area (Å²) in [7, 11) is 1.75. The van der Waals surface area contributed by atoms with Crippen molar-refractivity contribution < 1.29 is 13.9 Å². The van der Waals surface area contributed by atoms with Crippen molar-refractivity contribution in [1.82, 2.24) is 5.32 Å². The van der Waals surface area contributed by atoms with Crippen molar-refractivity contribution in [3.63, 3.8) is 0 Å². The zero-order valence-corrected chi connectivity index (χ0v) is 12.3. The summed E-state index contributed by atoms with van der Waals surface area (Å²) in [6.07, 6.45) is 2.32. The molecule has 0 aliphatic carbocycles. The molecule has 1 atom stereocenters. The molecule has 0 spiro atoms. The number of rotatable bonds is 6. The molecular weight excluding hydrogens is 257 g/mol. The summed E-state index contributed by atoms with van der Waals surface area (Å²) in [5.41, 5.74) is 0.470. The van der Waals surface area contributed by atoms with Crippen LogP contribution in [-0.2, 0) is 15.9 Å². The van der Waals surface area contributed by atoms with Gasteiger partial charge in [-0.15, -0.1) is 0 Å². The maximum atomic E-state index is 13.9. The van der Waals surface area contributed by atoms with Gasteiger partial charge in [-0.1, -0.05) is 25.1 Å². The van der Waals surface area contributed by atoms with Crippen molar-refractivity contribution in [2.75, 3.05) is 26.9 Å². The van der Waals surface area contributed by atoms with E-state index in [1.807, 2.05) is 12.1 Å². The molecule has 0 amide bonds. The van der Waals surface area contributed by atoms with Gasteiger partial charge in [0.1, 0.15) is 5.82 Å². The standard InChI is InChI=1S/C16H24FNO2/c1-3-18-15(12-13-6-4-5-7-14(13)17)16(19-2)8-10-20-11-9-16/h4-7,15,18H,3,8-12H2,1-2H3. The van der Waals surface area contributed by atoms with Crippen molar-refractivity contribution in [1.29, 1.82) is 0 Å². The Hall–Kier alpha value is -0.970. The molecular formula is C16H24FNO2. The second kappa shape index (κ2) is 7.16. The highest BCUT2D eigenvalue weighted by atomic mass is 19.1. The molecule has 1 fully saturated rings. The smallest absolute Gasteiger partial charge is 0.126 e. The van der Waals surface area contributed by atoms with Crippen LogP contribution in [0.4, 0.5) is 4.39 Å². The molecule has 1 N–H and O–H groups in total. The lowest BCUT2D eigenvalue weighted by Gasteiger charge is -2.42. The van der Waals surface area contributed by atoms with Crippen LogP contribution < -0.4 is 5.32 Å². The van der Waals surface area contributed by atoms with Crippen LogP contribution in [0.1, 0.15) is 25.3 Å². The van der Waals surface area contributed by atoms with Gasteiger partial charge < -0.3 is 14.8 Å². The van der Waals surface area contributed by atoms with Crippen LogP contribution in [0.2, 0.25) is 0 Å². The Labute approximate surface area is 120 Å². The Balaban J connectivity index is 2.19. The van der Waals surface area contributed by atoms with Crippen molar-refractivity contribution in [2.45, 2.75) is 37.8 Å². The van der Waals surface area contributed by atoms with Gasteiger partial charge in [0.15, 0.2) is 0 Å². The summed E-state index contributed by atoms with van der Waals surface area (Å²) in [5, 5.41) is 3.47. The van der Waals surface area contributed by atoms with E-state index in [0.717, 1.165) is 24.9 Å². The average Bonchev–Trinajstić information content (AvgIpc) is 2.49. The van der Waals surface area contributed by atoms with Crippen LogP contribution in [-0.4, -0.2) is 38.5 Å². The Kier molecular flexibility index (Phi) is 5.52. The molecule has 4 heteroatoms. The largest absolute Gasteiger partial charge is 0.381 e.